The van der Waals surface area contributed by atoms with Gasteiger partial charge in [-0.3, -0.25) is 9.36 Å². The molecule has 0 radical (unpaired) electrons. The van der Waals surface area contributed by atoms with Crippen molar-refractivity contribution in [2.45, 2.75) is 6.54 Å². The summed E-state index contributed by atoms with van der Waals surface area (Å²) in [6.45, 7) is 0.387. The van der Waals surface area contributed by atoms with Crippen LogP contribution >= 0.6 is 11.3 Å². The predicted molar refractivity (Wildman–Crippen MR) is 82.5 cm³/mol. The average Bonchev–Trinajstić information content (AvgIpc) is 2.99. The van der Waals surface area contributed by atoms with E-state index in [-0.39, 0.29) is 5.56 Å². The highest BCUT2D eigenvalue weighted by Gasteiger charge is 2.09. The molecule has 21 heavy (non-hydrogen) atoms. The normalized spacial score (nSPS) is 10.8. The smallest absolute Gasteiger partial charge is 0.262 e. The summed E-state index contributed by atoms with van der Waals surface area (Å²) in [5.74, 6) is 1.44. The molecule has 0 amide bonds. The van der Waals surface area contributed by atoms with E-state index in [9.17, 15) is 4.79 Å². The Morgan fingerprint density at radius 3 is 2.86 bits per heavy atom. The van der Waals surface area contributed by atoms with Gasteiger partial charge in [-0.05, 0) is 29.6 Å². The third kappa shape index (κ3) is 2.50. The summed E-state index contributed by atoms with van der Waals surface area (Å²) in [5, 5.41) is 2.51. The maximum absolute atomic E-state index is 12.4. The minimum absolute atomic E-state index is 0.0499. The van der Waals surface area contributed by atoms with Gasteiger partial charge in [-0.2, -0.15) is 0 Å². The van der Waals surface area contributed by atoms with E-state index in [1.807, 2.05) is 23.6 Å². The van der Waals surface area contributed by atoms with Crippen molar-refractivity contribution in [3.63, 3.8) is 0 Å². The van der Waals surface area contributed by atoms with Gasteiger partial charge in [0.1, 0.15) is 16.3 Å². The van der Waals surface area contributed by atoms with E-state index >= 15 is 0 Å². The van der Waals surface area contributed by atoms with Gasteiger partial charge >= 0.3 is 0 Å². The van der Waals surface area contributed by atoms with Crippen molar-refractivity contribution in [1.29, 1.82) is 0 Å². The Labute approximate surface area is 125 Å². The first-order chi connectivity index (χ1) is 10.2. The van der Waals surface area contributed by atoms with Crippen LogP contribution < -0.4 is 15.0 Å². The zero-order valence-corrected chi connectivity index (χ0v) is 12.5. The van der Waals surface area contributed by atoms with Crippen LogP contribution in [0, 0.1) is 0 Å². The average molecular weight is 302 g/mol. The quantitative estimate of drug-likeness (QED) is 0.743. The first-order valence-corrected chi connectivity index (χ1v) is 7.24. The monoisotopic (exact) mass is 302 g/mol. The summed E-state index contributed by atoms with van der Waals surface area (Å²) >= 11 is 1.46. The lowest BCUT2D eigenvalue weighted by Gasteiger charge is -2.11. The maximum Gasteiger partial charge on any atom is 0.262 e. The van der Waals surface area contributed by atoms with E-state index in [0.29, 0.717) is 17.7 Å². The van der Waals surface area contributed by atoms with E-state index < -0.39 is 0 Å². The molecule has 0 spiro atoms. The summed E-state index contributed by atoms with van der Waals surface area (Å²) in [4.78, 5) is 17.5. The van der Waals surface area contributed by atoms with Crippen molar-refractivity contribution in [3.8, 4) is 11.5 Å². The number of ether oxygens (including phenoxy) is 2. The zero-order valence-electron chi connectivity index (χ0n) is 11.7. The van der Waals surface area contributed by atoms with Crippen molar-refractivity contribution >= 4 is 21.6 Å². The molecule has 3 rings (SSSR count). The molecule has 0 fully saturated rings. The van der Waals surface area contributed by atoms with Gasteiger partial charge in [0.2, 0.25) is 0 Å². The molecule has 2 heterocycles. The lowest BCUT2D eigenvalue weighted by Crippen LogP contribution is -2.20. The van der Waals surface area contributed by atoms with Crippen LogP contribution in [0.4, 0.5) is 0 Å². The van der Waals surface area contributed by atoms with Gasteiger partial charge in [0.15, 0.2) is 0 Å². The largest absolute Gasteiger partial charge is 0.497 e. The van der Waals surface area contributed by atoms with Crippen LogP contribution in [-0.2, 0) is 6.54 Å². The Hall–Kier alpha value is -2.34. The number of hydrogen-bond donors (Lipinski definition) is 0. The maximum atomic E-state index is 12.4. The van der Waals surface area contributed by atoms with Crippen LogP contribution in [0.3, 0.4) is 0 Å². The third-order valence-electron chi connectivity index (χ3n) is 3.28. The van der Waals surface area contributed by atoms with Crippen LogP contribution in [0.25, 0.3) is 10.2 Å². The number of methoxy groups -OCH3 is 2. The van der Waals surface area contributed by atoms with Crippen LogP contribution in [0.5, 0.6) is 11.5 Å². The van der Waals surface area contributed by atoms with Gasteiger partial charge in [-0.1, -0.05) is 0 Å². The standard InChI is InChI=1S/C15H14N2O3S/c1-19-11-3-4-13(20-2)10(7-11)8-17-9-16-14-12(15(17)18)5-6-21-14/h3-7,9H,8H2,1-2H3. The molecule has 108 valence electrons. The van der Waals surface area contributed by atoms with Crippen molar-refractivity contribution in [3.05, 3.63) is 51.9 Å². The summed E-state index contributed by atoms with van der Waals surface area (Å²) in [6.07, 6.45) is 1.57. The Morgan fingerprint density at radius 1 is 1.24 bits per heavy atom. The summed E-state index contributed by atoms with van der Waals surface area (Å²) in [5.41, 5.74) is 0.821. The number of fused-ring (bicyclic) bond motifs is 1. The van der Waals surface area contributed by atoms with Crippen LogP contribution in [-0.4, -0.2) is 23.8 Å². The molecule has 0 saturated heterocycles. The molecule has 0 unspecified atom stereocenters. The fourth-order valence-electron chi connectivity index (χ4n) is 2.19. The first kappa shape index (κ1) is 13.6. The van der Waals surface area contributed by atoms with Crippen LogP contribution in [0.2, 0.25) is 0 Å². The summed E-state index contributed by atoms with van der Waals surface area (Å²) < 4.78 is 12.1. The van der Waals surface area contributed by atoms with Gasteiger partial charge in [-0.25, -0.2) is 4.98 Å². The molecule has 2 aromatic heterocycles. The number of aromatic nitrogens is 2. The van der Waals surface area contributed by atoms with Gasteiger partial charge in [-0.15, -0.1) is 11.3 Å². The SMILES string of the molecule is COc1ccc(OC)c(Cn2cnc3sccc3c2=O)c1. The number of rotatable bonds is 4. The lowest BCUT2D eigenvalue weighted by molar-refractivity contribution is 0.397. The minimum atomic E-state index is -0.0499. The zero-order chi connectivity index (χ0) is 14.8. The predicted octanol–water partition coefficient (Wildman–Crippen LogP) is 2.52. The van der Waals surface area contributed by atoms with Crippen LogP contribution in [0.1, 0.15) is 5.56 Å². The van der Waals surface area contributed by atoms with Gasteiger partial charge in [0.25, 0.3) is 5.56 Å². The van der Waals surface area contributed by atoms with Crippen LogP contribution in [0.15, 0.2) is 40.8 Å². The highest BCUT2D eigenvalue weighted by atomic mass is 32.1. The molecule has 0 aliphatic heterocycles. The molecule has 5 nitrogen and oxygen atoms in total. The second-order valence-electron chi connectivity index (χ2n) is 4.49. The first-order valence-electron chi connectivity index (χ1n) is 6.36. The van der Waals surface area contributed by atoms with E-state index in [0.717, 1.165) is 16.1 Å². The highest BCUT2D eigenvalue weighted by Crippen LogP contribution is 2.24. The Balaban J connectivity index is 2.05. The minimum Gasteiger partial charge on any atom is -0.497 e. The molecule has 0 aliphatic carbocycles. The van der Waals surface area contributed by atoms with Crippen molar-refractivity contribution in [2.24, 2.45) is 0 Å². The molecule has 3 aromatic rings. The molecule has 1 aromatic carbocycles. The second kappa shape index (κ2) is 5.57. The molecule has 0 atom stereocenters. The molecule has 0 aliphatic rings. The van der Waals surface area contributed by atoms with Gasteiger partial charge in [0, 0.05) is 5.56 Å². The number of hydrogen-bond acceptors (Lipinski definition) is 5. The van der Waals surface area contributed by atoms with Crippen molar-refractivity contribution in [2.75, 3.05) is 14.2 Å². The van der Waals surface area contributed by atoms with E-state index in [2.05, 4.69) is 4.98 Å². The lowest BCUT2D eigenvalue weighted by atomic mass is 10.2. The molecule has 0 N–H and O–H groups in total. The molecule has 6 heteroatoms. The summed E-state index contributed by atoms with van der Waals surface area (Å²) in [7, 11) is 3.21. The topological polar surface area (TPSA) is 53.4 Å². The second-order valence-corrected chi connectivity index (χ2v) is 5.39. The molecule has 0 saturated carbocycles. The number of nitrogens with zero attached hydrogens (tertiary/aromatic N) is 2. The Bertz CT molecular complexity index is 838. The molecular formula is C15H14N2O3S. The number of benzene rings is 1. The van der Waals surface area contributed by atoms with Gasteiger partial charge < -0.3 is 9.47 Å². The van der Waals surface area contributed by atoms with E-state index in [1.54, 1.807) is 31.2 Å². The third-order valence-corrected chi connectivity index (χ3v) is 4.10. The van der Waals surface area contributed by atoms with Gasteiger partial charge in [0.05, 0.1) is 32.5 Å². The fourth-order valence-corrected chi connectivity index (χ4v) is 2.92. The number of thiophene rings is 1. The fraction of sp³-hybridized carbons (Fsp3) is 0.200. The Morgan fingerprint density at radius 2 is 2.10 bits per heavy atom. The van der Waals surface area contributed by atoms with E-state index in [4.69, 9.17) is 9.47 Å². The highest BCUT2D eigenvalue weighted by molar-refractivity contribution is 7.16. The molecule has 0 bridgehead atoms. The molecular weight excluding hydrogens is 288 g/mol. The summed E-state index contributed by atoms with van der Waals surface area (Å²) in [6, 6.07) is 7.32. The van der Waals surface area contributed by atoms with E-state index in [1.165, 1.54) is 11.3 Å². The van der Waals surface area contributed by atoms with Crippen molar-refractivity contribution in [1.82, 2.24) is 9.55 Å². The Kier molecular flexibility index (Phi) is 3.62. The van der Waals surface area contributed by atoms with Crippen molar-refractivity contribution < 1.29 is 9.47 Å².